The van der Waals surface area contributed by atoms with Gasteiger partial charge in [0.25, 0.3) is 0 Å². The number of pyridine rings is 1. The van der Waals surface area contributed by atoms with Gasteiger partial charge >= 0.3 is 0 Å². The molecule has 3 N–H and O–H groups in total. The van der Waals surface area contributed by atoms with E-state index in [0.717, 1.165) is 30.5 Å². The summed E-state index contributed by atoms with van der Waals surface area (Å²) >= 11 is 5.09. The molecule has 0 atom stereocenters. The predicted molar refractivity (Wildman–Crippen MR) is 84.0 cm³/mol. The number of hydrogen-bond donors (Lipinski definition) is 2. The number of carbonyl (C=O) groups excluding carboxylic acids is 1. The lowest BCUT2D eigenvalue weighted by Crippen LogP contribution is -2.24. The molecule has 2 rings (SSSR count). The molecule has 1 aromatic rings. The summed E-state index contributed by atoms with van der Waals surface area (Å²) in [5, 5.41) is 3.18. The number of anilines is 1. The molecule has 0 aliphatic heterocycles. The Hall–Kier alpha value is -1.69. The summed E-state index contributed by atoms with van der Waals surface area (Å²) in [6.45, 7) is 0.526. The highest BCUT2D eigenvalue weighted by Gasteiger charge is 2.17. The fourth-order valence-electron chi connectivity index (χ4n) is 2.31. The van der Waals surface area contributed by atoms with Crippen molar-refractivity contribution in [3.63, 3.8) is 0 Å². The Morgan fingerprint density at radius 2 is 2.25 bits per heavy atom. The van der Waals surface area contributed by atoms with E-state index in [1.54, 1.807) is 19.0 Å². The average Bonchev–Trinajstić information content (AvgIpc) is 2.84. The first-order chi connectivity index (χ1) is 9.49. The van der Waals surface area contributed by atoms with E-state index in [-0.39, 0.29) is 5.91 Å². The number of aromatic nitrogens is 1. The lowest BCUT2D eigenvalue weighted by atomic mass is 10.1. The quantitative estimate of drug-likeness (QED) is 0.795. The van der Waals surface area contributed by atoms with Crippen molar-refractivity contribution in [1.82, 2.24) is 9.88 Å². The second kappa shape index (κ2) is 6.17. The Balaban J connectivity index is 2.10. The first-order valence-electron chi connectivity index (χ1n) is 6.75. The minimum Gasteiger partial charge on any atom is -0.389 e. The number of fused-ring (bicyclic) bond motifs is 1. The summed E-state index contributed by atoms with van der Waals surface area (Å²) in [6, 6.07) is 2.04. The maximum Gasteiger partial charge on any atom is 0.223 e. The zero-order valence-electron chi connectivity index (χ0n) is 11.9. The molecule has 5 nitrogen and oxygen atoms in total. The lowest BCUT2D eigenvalue weighted by molar-refractivity contribution is -0.128. The van der Waals surface area contributed by atoms with Gasteiger partial charge in [-0.2, -0.15) is 0 Å². The molecule has 0 fully saturated rings. The minimum absolute atomic E-state index is 0.0792. The smallest absolute Gasteiger partial charge is 0.223 e. The Bertz CT molecular complexity index is 542. The lowest BCUT2D eigenvalue weighted by Gasteiger charge is -2.14. The van der Waals surface area contributed by atoms with Crippen LogP contribution in [0.15, 0.2) is 6.07 Å². The molecule has 0 unspecified atom stereocenters. The van der Waals surface area contributed by atoms with Crippen molar-refractivity contribution < 1.29 is 4.79 Å². The highest BCUT2D eigenvalue weighted by molar-refractivity contribution is 7.80. The average molecular weight is 292 g/mol. The molecule has 0 spiro atoms. The van der Waals surface area contributed by atoms with Crippen LogP contribution >= 0.6 is 12.2 Å². The fraction of sp³-hybridized carbons (Fsp3) is 0.500. The maximum atomic E-state index is 11.6. The molecule has 1 aliphatic carbocycles. The van der Waals surface area contributed by atoms with Crippen LogP contribution in [-0.4, -0.2) is 41.4 Å². The van der Waals surface area contributed by atoms with Crippen LogP contribution in [0.1, 0.15) is 29.7 Å². The molecule has 1 aliphatic rings. The van der Waals surface area contributed by atoms with E-state index in [2.05, 4.69) is 10.3 Å². The number of carbonyl (C=O) groups is 1. The summed E-state index contributed by atoms with van der Waals surface area (Å²) in [4.78, 5) is 18.1. The van der Waals surface area contributed by atoms with E-state index in [4.69, 9.17) is 18.0 Å². The van der Waals surface area contributed by atoms with E-state index >= 15 is 0 Å². The van der Waals surface area contributed by atoms with Crippen molar-refractivity contribution in [2.75, 3.05) is 26.0 Å². The first kappa shape index (κ1) is 14.7. The molecule has 0 saturated carbocycles. The van der Waals surface area contributed by atoms with E-state index in [9.17, 15) is 4.79 Å². The summed E-state index contributed by atoms with van der Waals surface area (Å²) in [6.07, 6.45) is 3.58. The second-order valence-electron chi connectivity index (χ2n) is 5.17. The van der Waals surface area contributed by atoms with E-state index in [1.165, 1.54) is 5.56 Å². The van der Waals surface area contributed by atoms with Gasteiger partial charge in [-0.05, 0) is 30.9 Å². The SMILES string of the molecule is CN(C)C(=O)CCNc1nc2c(cc1C(N)=S)CCC2. The minimum atomic E-state index is 0.0792. The van der Waals surface area contributed by atoms with E-state index in [1.807, 2.05) is 6.07 Å². The van der Waals surface area contributed by atoms with Crippen LogP contribution in [0, 0.1) is 0 Å². The number of aryl methyl sites for hydroxylation is 2. The van der Waals surface area contributed by atoms with Crippen molar-refractivity contribution in [1.29, 1.82) is 0 Å². The third-order valence-electron chi connectivity index (χ3n) is 3.45. The molecule has 108 valence electrons. The Morgan fingerprint density at radius 3 is 2.90 bits per heavy atom. The van der Waals surface area contributed by atoms with E-state index in [0.29, 0.717) is 23.8 Å². The van der Waals surface area contributed by atoms with Crippen molar-refractivity contribution in [2.45, 2.75) is 25.7 Å². The highest BCUT2D eigenvalue weighted by Crippen LogP contribution is 2.25. The second-order valence-corrected chi connectivity index (χ2v) is 5.61. The van der Waals surface area contributed by atoms with Gasteiger partial charge in [0.05, 0.1) is 5.56 Å². The van der Waals surface area contributed by atoms with Crippen LogP contribution in [0.3, 0.4) is 0 Å². The van der Waals surface area contributed by atoms with Crippen molar-refractivity contribution in [3.05, 3.63) is 22.9 Å². The normalized spacial score (nSPS) is 12.9. The maximum absolute atomic E-state index is 11.6. The van der Waals surface area contributed by atoms with Gasteiger partial charge in [-0.1, -0.05) is 12.2 Å². The number of thiocarbonyl (C=S) groups is 1. The standard InChI is InChI=1S/C14H20N4OS/c1-18(2)12(19)6-7-16-14-10(13(15)20)8-9-4-3-5-11(9)17-14/h8H,3-7H2,1-2H3,(H2,15,20)(H,16,17). The van der Waals surface area contributed by atoms with Gasteiger partial charge in [0.1, 0.15) is 10.8 Å². The van der Waals surface area contributed by atoms with Gasteiger partial charge in [0.15, 0.2) is 0 Å². The summed E-state index contributed by atoms with van der Waals surface area (Å²) < 4.78 is 0. The molecule has 0 radical (unpaired) electrons. The molecule has 20 heavy (non-hydrogen) atoms. The molecular weight excluding hydrogens is 272 g/mol. The first-order valence-corrected chi connectivity index (χ1v) is 7.16. The van der Waals surface area contributed by atoms with Crippen LogP contribution < -0.4 is 11.1 Å². The largest absolute Gasteiger partial charge is 0.389 e. The molecule has 1 heterocycles. The third kappa shape index (κ3) is 3.25. The van der Waals surface area contributed by atoms with Gasteiger partial charge in [-0.3, -0.25) is 4.79 Å². The summed E-state index contributed by atoms with van der Waals surface area (Å²) in [5.74, 6) is 0.778. The number of nitrogens with zero attached hydrogens (tertiary/aromatic N) is 2. The van der Waals surface area contributed by atoms with Gasteiger partial charge in [-0.15, -0.1) is 0 Å². The van der Waals surface area contributed by atoms with Gasteiger partial charge < -0.3 is 16.0 Å². The molecule has 0 saturated heterocycles. The molecule has 0 bridgehead atoms. The van der Waals surface area contributed by atoms with Crippen molar-refractivity contribution >= 4 is 28.9 Å². The predicted octanol–water partition coefficient (Wildman–Crippen LogP) is 1.09. The Morgan fingerprint density at radius 1 is 1.50 bits per heavy atom. The molecule has 1 aromatic heterocycles. The summed E-state index contributed by atoms with van der Waals surface area (Å²) in [5.41, 5.74) is 8.90. The Labute approximate surface area is 124 Å². The zero-order chi connectivity index (χ0) is 14.7. The third-order valence-corrected chi connectivity index (χ3v) is 3.67. The van der Waals surface area contributed by atoms with Crippen molar-refractivity contribution in [2.24, 2.45) is 5.73 Å². The summed E-state index contributed by atoms with van der Waals surface area (Å²) in [7, 11) is 3.49. The van der Waals surface area contributed by atoms with Crippen LogP contribution in [0.25, 0.3) is 0 Å². The number of rotatable bonds is 5. The highest BCUT2D eigenvalue weighted by atomic mass is 32.1. The topological polar surface area (TPSA) is 71.2 Å². The van der Waals surface area contributed by atoms with Gasteiger partial charge in [0, 0.05) is 32.8 Å². The molecule has 6 heteroatoms. The molecule has 1 amide bonds. The van der Waals surface area contributed by atoms with Crippen LogP contribution in [0.5, 0.6) is 0 Å². The number of hydrogen-bond acceptors (Lipinski definition) is 4. The zero-order valence-corrected chi connectivity index (χ0v) is 12.7. The molecular formula is C14H20N4OS. The number of nitrogens with two attached hydrogens (primary N) is 1. The molecule has 0 aromatic carbocycles. The van der Waals surface area contributed by atoms with Gasteiger partial charge in [-0.25, -0.2) is 4.98 Å². The van der Waals surface area contributed by atoms with Crippen LogP contribution in [-0.2, 0) is 17.6 Å². The fourth-order valence-corrected chi connectivity index (χ4v) is 2.46. The van der Waals surface area contributed by atoms with Gasteiger partial charge in [0.2, 0.25) is 5.91 Å². The van der Waals surface area contributed by atoms with E-state index < -0.39 is 0 Å². The number of nitrogens with one attached hydrogen (secondary N) is 1. The number of amides is 1. The van der Waals surface area contributed by atoms with Crippen LogP contribution in [0.4, 0.5) is 5.82 Å². The van der Waals surface area contributed by atoms with Crippen molar-refractivity contribution in [3.8, 4) is 0 Å². The Kier molecular flexibility index (Phi) is 4.54. The van der Waals surface area contributed by atoms with Crippen LogP contribution in [0.2, 0.25) is 0 Å². The monoisotopic (exact) mass is 292 g/mol.